The summed E-state index contributed by atoms with van der Waals surface area (Å²) in [5.41, 5.74) is -0.435. The van der Waals surface area contributed by atoms with Crippen molar-refractivity contribution in [2.75, 3.05) is 13.1 Å². The number of likely N-dealkylation sites (tertiary alicyclic amines) is 1. The number of aromatic nitrogens is 1. The standard InChI is InChI=1S/C14H16BrF3N2O2/c1-2-19-8-10(15)7-11(12(19)21)13(22)20-5-3-9(4-6-20)14(16,17)18/h7-9H,2-6H2,1H3. The third-order valence-electron chi connectivity index (χ3n) is 3.87. The van der Waals surface area contributed by atoms with Crippen molar-refractivity contribution in [3.63, 3.8) is 0 Å². The summed E-state index contributed by atoms with van der Waals surface area (Å²) in [6.07, 6.45) is -2.88. The van der Waals surface area contributed by atoms with Crippen LogP contribution in [0.1, 0.15) is 30.1 Å². The molecule has 0 aromatic carbocycles. The van der Waals surface area contributed by atoms with Crippen LogP contribution in [0.2, 0.25) is 0 Å². The summed E-state index contributed by atoms with van der Waals surface area (Å²) < 4.78 is 39.9. The fourth-order valence-corrected chi connectivity index (χ4v) is 3.04. The lowest BCUT2D eigenvalue weighted by atomic mass is 9.96. The fraction of sp³-hybridized carbons (Fsp3) is 0.571. The molecule has 0 spiro atoms. The summed E-state index contributed by atoms with van der Waals surface area (Å²) in [5.74, 6) is -1.87. The number of amides is 1. The van der Waals surface area contributed by atoms with Gasteiger partial charge in [-0.05, 0) is 41.8 Å². The minimum atomic E-state index is -4.22. The molecule has 0 N–H and O–H groups in total. The first-order valence-corrected chi connectivity index (χ1v) is 7.79. The molecule has 4 nitrogen and oxygen atoms in total. The summed E-state index contributed by atoms with van der Waals surface area (Å²) in [5, 5.41) is 0. The number of alkyl halides is 3. The van der Waals surface area contributed by atoms with Gasteiger partial charge in [0.2, 0.25) is 0 Å². The molecule has 1 saturated heterocycles. The molecule has 1 aliphatic heterocycles. The first-order chi connectivity index (χ1) is 10.2. The van der Waals surface area contributed by atoms with E-state index in [2.05, 4.69) is 15.9 Å². The lowest BCUT2D eigenvalue weighted by molar-refractivity contribution is -0.183. The third-order valence-corrected chi connectivity index (χ3v) is 4.30. The molecule has 0 bridgehead atoms. The summed E-state index contributed by atoms with van der Waals surface area (Å²) in [6.45, 7) is 2.22. The highest BCUT2D eigenvalue weighted by Gasteiger charge is 2.41. The Morgan fingerprint density at radius 2 is 1.95 bits per heavy atom. The van der Waals surface area contributed by atoms with Gasteiger partial charge in [0.25, 0.3) is 11.5 Å². The number of carbonyl (C=O) groups excluding carboxylic acids is 1. The fourth-order valence-electron chi connectivity index (χ4n) is 2.57. The Morgan fingerprint density at radius 3 is 2.45 bits per heavy atom. The van der Waals surface area contributed by atoms with Crippen molar-refractivity contribution in [1.29, 1.82) is 0 Å². The predicted molar refractivity (Wildman–Crippen MR) is 78.8 cm³/mol. The van der Waals surface area contributed by atoms with Gasteiger partial charge in [-0.25, -0.2) is 0 Å². The SMILES string of the molecule is CCn1cc(Br)cc(C(=O)N2CCC(C(F)(F)F)CC2)c1=O. The molecule has 122 valence electrons. The monoisotopic (exact) mass is 380 g/mol. The highest BCUT2D eigenvalue weighted by Crippen LogP contribution is 2.34. The topological polar surface area (TPSA) is 42.3 Å². The van der Waals surface area contributed by atoms with Gasteiger partial charge in [0.05, 0.1) is 5.92 Å². The number of rotatable bonds is 2. The summed E-state index contributed by atoms with van der Waals surface area (Å²) in [7, 11) is 0. The van der Waals surface area contributed by atoms with E-state index in [-0.39, 0.29) is 31.5 Å². The second-order valence-electron chi connectivity index (χ2n) is 5.27. The van der Waals surface area contributed by atoms with Crippen LogP contribution < -0.4 is 5.56 Å². The van der Waals surface area contributed by atoms with Crippen LogP contribution in [0.3, 0.4) is 0 Å². The number of halogens is 4. The predicted octanol–water partition coefficient (Wildman–Crippen LogP) is 3.05. The molecule has 1 amide bonds. The van der Waals surface area contributed by atoms with Crippen LogP contribution in [0.4, 0.5) is 13.2 Å². The van der Waals surface area contributed by atoms with Crippen molar-refractivity contribution in [2.24, 2.45) is 5.92 Å². The van der Waals surface area contributed by atoms with E-state index in [0.29, 0.717) is 11.0 Å². The van der Waals surface area contributed by atoms with E-state index in [1.807, 2.05) is 0 Å². The van der Waals surface area contributed by atoms with Gasteiger partial charge in [-0.1, -0.05) is 0 Å². The molecule has 22 heavy (non-hydrogen) atoms. The van der Waals surface area contributed by atoms with Gasteiger partial charge in [0.15, 0.2) is 0 Å². The Hall–Kier alpha value is -1.31. The molecule has 2 rings (SSSR count). The minimum Gasteiger partial charge on any atom is -0.338 e. The van der Waals surface area contributed by atoms with Gasteiger partial charge in [0, 0.05) is 30.3 Å². The number of carbonyl (C=O) groups is 1. The lowest BCUT2D eigenvalue weighted by Crippen LogP contribution is -2.44. The zero-order valence-electron chi connectivity index (χ0n) is 12.0. The van der Waals surface area contributed by atoms with Crippen molar-refractivity contribution in [1.82, 2.24) is 9.47 Å². The lowest BCUT2D eigenvalue weighted by Gasteiger charge is -2.32. The van der Waals surface area contributed by atoms with Crippen molar-refractivity contribution >= 4 is 21.8 Å². The van der Waals surface area contributed by atoms with Gasteiger partial charge in [-0.2, -0.15) is 13.2 Å². The molecule has 0 atom stereocenters. The third kappa shape index (κ3) is 3.53. The first kappa shape index (κ1) is 17.1. The second kappa shape index (κ2) is 6.44. The number of hydrogen-bond donors (Lipinski definition) is 0. The van der Waals surface area contributed by atoms with E-state index < -0.39 is 23.6 Å². The van der Waals surface area contributed by atoms with Gasteiger partial charge in [-0.15, -0.1) is 0 Å². The minimum absolute atomic E-state index is 0.0123. The molecule has 1 aromatic rings. The number of piperidine rings is 1. The first-order valence-electron chi connectivity index (χ1n) is 7.00. The van der Waals surface area contributed by atoms with Crippen LogP contribution in [0, 0.1) is 5.92 Å². The van der Waals surface area contributed by atoms with Gasteiger partial charge in [0.1, 0.15) is 5.56 Å². The molecule has 0 radical (unpaired) electrons. The van der Waals surface area contributed by atoms with Crippen LogP contribution >= 0.6 is 15.9 Å². The van der Waals surface area contributed by atoms with Gasteiger partial charge in [-0.3, -0.25) is 9.59 Å². The highest BCUT2D eigenvalue weighted by molar-refractivity contribution is 9.10. The molecule has 1 fully saturated rings. The molecular formula is C14H16BrF3N2O2. The van der Waals surface area contributed by atoms with Crippen LogP contribution in [0.15, 0.2) is 21.5 Å². The van der Waals surface area contributed by atoms with Crippen molar-refractivity contribution in [3.8, 4) is 0 Å². The van der Waals surface area contributed by atoms with Crippen molar-refractivity contribution < 1.29 is 18.0 Å². The zero-order chi connectivity index (χ0) is 16.5. The van der Waals surface area contributed by atoms with Gasteiger partial charge >= 0.3 is 6.18 Å². The molecule has 0 aliphatic carbocycles. The van der Waals surface area contributed by atoms with Crippen LogP contribution in [-0.2, 0) is 6.54 Å². The van der Waals surface area contributed by atoms with E-state index in [1.54, 1.807) is 13.1 Å². The summed E-state index contributed by atoms with van der Waals surface area (Å²) >= 11 is 3.24. The van der Waals surface area contributed by atoms with E-state index >= 15 is 0 Å². The van der Waals surface area contributed by atoms with Crippen molar-refractivity contribution in [2.45, 2.75) is 32.5 Å². The Labute approximate surface area is 134 Å². The average Bonchev–Trinajstić information content (AvgIpc) is 2.47. The van der Waals surface area contributed by atoms with E-state index in [0.717, 1.165) is 0 Å². The Morgan fingerprint density at radius 1 is 1.36 bits per heavy atom. The van der Waals surface area contributed by atoms with Crippen LogP contribution in [0.25, 0.3) is 0 Å². The van der Waals surface area contributed by atoms with E-state index in [4.69, 9.17) is 0 Å². The van der Waals surface area contributed by atoms with Gasteiger partial charge < -0.3 is 9.47 Å². The quantitative estimate of drug-likeness (QED) is 0.791. The number of aryl methyl sites for hydroxylation is 1. The smallest absolute Gasteiger partial charge is 0.338 e. The number of nitrogens with zero attached hydrogens (tertiary/aromatic N) is 2. The molecular weight excluding hydrogens is 365 g/mol. The summed E-state index contributed by atoms with van der Waals surface area (Å²) in [6, 6.07) is 1.42. The Bertz CT molecular complexity index is 619. The Kier molecular flexibility index (Phi) is 4.99. The Balaban J connectivity index is 2.17. The molecule has 2 heterocycles. The van der Waals surface area contributed by atoms with Crippen molar-refractivity contribution in [3.05, 3.63) is 32.7 Å². The molecule has 1 aliphatic rings. The summed E-state index contributed by atoms with van der Waals surface area (Å²) in [4.78, 5) is 25.9. The highest BCUT2D eigenvalue weighted by atomic mass is 79.9. The number of hydrogen-bond acceptors (Lipinski definition) is 2. The van der Waals surface area contributed by atoms with Crippen LogP contribution in [0.5, 0.6) is 0 Å². The zero-order valence-corrected chi connectivity index (χ0v) is 13.6. The normalized spacial score (nSPS) is 16.9. The maximum Gasteiger partial charge on any atom is 0.391 e. The molecule has 8 heteroatoms. The van der Waals surface area contributed by atoms with E-state index in [9.17, 15) is 22.8 Å². The average molecular weight is 381 g/mol. The maximum atomic E-state index is 12.6. The van der Waals surface area contributed by atoms with E-state index in [1.165, 1.54) is 15.5 Å². The largest absolute Gasteiger partial charge is 0.391 e. The maximum absolute atomic E-state index is 12.6. The van der Waals surface area contributed by atoms with Crippen LogP contribution in [-0.4, -0.2) is 34.6 Å². The molecule has 1 aromatic heterocycles. The molecule has 0 unspecified atom stereocenters. The molecule has 0 saturated carbocycles. The number of pyridine rings is 1. The second-order valence-corrected chi connectivity index (χ2v) is 6.19.